The molecule has 0 radical (unpaired) electrons. The van der Waals surface area contributed by atoms with E-state index in [0.717, 1.165) is 85.1 Å². The summed E-state index contributed by atoms with van der Waals surface area (Å²) < 4.78 is 17.6. The lowest BCUT2D eigenvalue weighted by Gasteiger charge is -2.31. The average molecular weight is 586 g/mol. The number of unbranched alkanes of at least 4 members (excludes halogenated alkanes) is 1. The van der Waals surface area contributed by atoms with Gasteiger partial charge < -0.3 is 14.8 Å². The van der Waals surface area contributed by atoms with E-state index < -0.39 is 11.0 Å². The number of likely N-dealkylation sites (N-methyl/N-ethyl adjacent to an activating group) is 1. The van der Waals surface area contributed by atoms with Gasteiger partial charge in [0.05, 0.1) is 4.90 Å². The lowest BCUT2D eigenvalue weighted by Crippen LogP contribution is -2.45. The molecule has 2 fully saturated rings. The fourth-order valence-electron chi connectivity index (χ4n) is 5.58. The van der Waals surface area contributed by atoms with Gasteiger partial charge in [0.15, 0.2) is 0 Å². The van der Waals surface area contributed by atoms with Crippen molar-refractivity contribution in [2.45, 2.75) is 69.7 Å². The Hall–Kier alpha value is -1.98. The zero-order valence-electron chi connectivity index (χ0n) is 24.5. The topological polar surface area (TPSA) is 92.3 Å². The van der Waals surface area contributed by atoms with Crippen LogP contribution in [0.3, 0.4) is 0 Å². The predicted octanol–water partition coefficient (Wildman–Crippen LogP) is 5.77. The first kappa shape index (κ1) is 31.0. The van der Waals surface area contributed by atoms with Gasteiger partial charge in [0.1, 0.15) is 16.6 Å². The van der Waals surface area contributed by atoms with Crippen molar-refractivity contribution in [2.75, 3.05) is 51.3 Å². The van der Waals surface area contributed by atoms with Crippen LogP contribution in [-0.4, -0.2) is 74.0 Å². The molecule has 1 aliphatic carbocycles. The molecule has 0 spiro atoms. The molecule has 1 aromatic carbocycles. The Labute approximate surface area is 247 Å². The first-order chi connectivity index (χ1) is 19.5. The van der Waals surface area contributed by atoms with Gasteiger partial charge in [0, 0.05) is 62.6 Å². The van der Waals surface area contributed by atoms with Crippen molar-refractivity contribution in [1.29, 1.82) is 0 Å². The standard InChI is InChI=1S/C29H42N6OS.CH5NS/c1-3-4-15-30-29-31-21-26-27(22-34(28(26)32-29)16-14-23-8-6-5-7-9-23)24-10-12-25(13-11-24)37(36)35-19-17-33(2)18-20-35;1-3-2/h10-13,21-23H,3-9,14-20H2,1-2H3,(H,30,31,32);2H2,1H3. The molecule has 1 aliphatic heterocycles. The van der Waals surface area contributed by atoms with Crippen molar-refractivity contribution in [1.82, 2.24) is 23.7 Å². The first-order valence-electron chi connectivity index (χ1n) is 14.8. The third-order valence-corrected chi connectivity index (χ3v) is 9.51. The van der Waals surface area contributed by atoms with Crippen molar-refractivity contribution in [3.63, 3.8) is 0 Å². The molecule has 5 rings (SSSR count). The highest BCUT2D eigenvalue weighted by Crippen LogP contribution is 2.33. The van der Waals surface area contributed by atoms with Gasteiger partial charge in [-0.1, -0.05) is 69.5 Å². The van der Waals surface area contributed by atoms with Gasteiger partial charge in [0.25, 0.3) is 0 Å². The molecule has 2 aliphatic rings. The maximum Gasteiger partial charge on any atom is 0.224 e. The molecule has 1 unspecified atom stereocenters. The number of anilines is 1. The minimum atomic E-state index is -1.12. The number of fused-ring (bicyclic) bond motifs is 1. The summed E-state index contributed by atoms with van der Waals surface area (Å²) in [5, 5.41) is 9.24. The molecule has 1 atom stereocenters. The van der Waals surface area contributed by atoms with Crippen LogP contribution in [0.2, 0.25) is 0 Å². The van der Waals surface area contributed by atoms with E-state index in [2.05, 4.69) is 56.4 Å². The van der Waals surface area contributed by atoms with Crippen molar-refractivity contribution in [3.8, 4) is 11.1 Å². The lowest BCUT2D eigenvalue weighted by molar-refractivity contribution is 0.228. The monoisotopic (exact) mass is 585 g/mol. The second-order valence-electron chi connectivity index (χ2n) is 11.0. The van der Waals surface area contributed by atoms with Gasteiger partial charge in [0.2, 0.25) is 5.95 Å². The molecule has 1 saturated carbocycles. The molecular formula is C30H47N7OS2. The van der Waals surface area contributed by atoms with Crippen LogP contribution in [0.1, 0.15) is 58.3 Å². The van der Waals surface area contributed by atoms with Crippen LogP contribution in [0.15, 0.2) is 41.6 Å². The average Bonchev–Trinajstić information content (AvgIpc) is 3.35. The second-order valence-corrected chi connectivity index (χ2v) is 12.9. The van der Waals surface area contributed by atoms with Gasteiger partial charge >= 0.3 is 0 Å². The summed E-state index contributed by atoms with van der Waals surface area (Å²) in [5.41, 5.74) is 3.27. The molecule has 3 aromatic rings. The van der Waals surface area contributed by atoms with E-state index in [1.807, 2.05) is 24.6 Å². The van der Waals surface area contributed by atoms with E-state index in [-0.39, 0.29) is 0 Å². The number of hydrogen-bond acceptors (Lipinski definition) is 7. The zero-order valence-corrected chi connectivity index (χ0v) is 26.1. The summed E-state index contributed by atoms with van der Waals surface area (Å²) in [5.74, 6) is 1.53. The van der Waals surface area contributed by atoms with Crippen molar-refractivity contribution in [3.05, 3.63) is 36.7 Å². The molecule has 3 heterocycles. The van der Waals surface area contributed by atoms with Crippen LogP contribution in [0.5, 0.6) is 0 Å². The Morgan fingerprint density at radius 1 is 1.10 bits per heavy atom. The summed E-state index contributed by atoms with van der Waals surface area (Å²) in [4.78, 5) is 12.8. The highest BCUT2D eigenvalue weighted by atomic mass is 32.2. The van der Waals surface area contributed by atoms with Crippen LogP contribution in [-0.2, 0) is 17.5 Å². The van der Waals surface area contributed by atoms with E-state index in [4.69, 9.17) is 10.1 Å². The zero-order chi connectivity index (χ0) is 28.3. The number of aryl methyl sites for hydroxylation is 1. The minimum Gasteiger partial charge on any atom is -0.354 e. The third kappa shape index (κ3) is 8.28. The number of nitrogens with two attached hydrogens (primary N) is 1. The molecule has 2 aromatic heterocycles. The summed E-state index contributed by atoms with van der Waals surface area (Å²) >= 11 is 1.25. The smallest absolute Gasteiger partial charge is 0.224 e. The summed E-state index contributed by atoms with van der Waals surface area (Å²) in [6.45, 7) is 7.66. The quantitative estimate of drug-likeness (QED) is 0.230. The number of nitrogens with one attached hydrogen (secondary N) is 1. The Morgan fingerprint density at radius 3 is 2.48 bits per heavy atom. The fourth-order valence-corrected chi connectivity index (χ4v) is 6.74. The molecule has 3 N–H and O–H groups in total. The highest BCUT2D eigenvalue weighted by molar-refractivity contribution is 7.96. The summed E-state index contributed by atoms with van der Waals surface area (Å²) in [7, 11) is 1.00. The second kappa shape index (κ2) is 15.9. The number of aromatic nitrogens is 3. The van der Waals surface area contributed by atoms with E-state index in [0.29, 0.717) is 5.95 Å². The van der Waals surface area contributed by atoms with Crippen molar-refractivity contribution < 1.29 is 4.21 Å². The highest BCUT2D eigenvalue weighted by Gasteiger charge is 2.21. The molecule has 8 nitrogen and oxygen atoms in total. The molecule has 220 valence electrons. The Bertz CT molecular complexity index is 1200. The van der Waals surface area contributed by atoms with E-state index in [9.17, 15) is 4.21 Å². The number of rotatable bonds is 10. The Balaban J connectivity index is 0.00000118. The van der Waals surface area contributed by atoms with E-state index >= 15 is 0 Å². The summed E-state index contributed by atoms with van der Waals surface area (Å²) in [6.07, 6.45) is 16.4. The van der Waals surface area contributed by atoms with Crippen LogP contribution in [0.4, 0.5) is 5.95 Å². The first-order valence-corrected chi connectivity index (χ1v) is 17.2. The van der Waals surface area contributed by atoms with Gasteiger partial charge in [-0.3, -0.25) is 5.14 Å². The number of hydrogen-bond donors (Lipinski definition) is 2. The van der Waals surface area contributed by atoms with Gasteiger partial charge in [-0.05, 0) is 49.8 Å². The molecule has 1 saturated heterocycles. The van der Waals surface area contributed by atoms with Crippen LogP contribution in [0, 0.1) is 5.92 Å². The lowest BCUT2D eigenvalue weighted by atomic mass is 9.87. The molecule has 0 amide bonds. The molecule has 10 heteroatoms. The third-order valence-electron chi connectivity index (χ3n) is 8.00. The Kier molecular flexibility index (Phi) is 12.3. The maximum absolute atomic E-state index is 13.1. The maximum atomic E-state index is 13.1. The van der Waals surface area contributed by atoms with Gasteiger partial charge in [-0.2, -0.15) is 4.98 Å². The van der Waals surface area contributed by atoms with Crippen molar-refractivity contribution in [2.24, 2.45) is 11.1 Å². The number of nitrogens with zero attached hydrogens (tertiary/aromatic N) is 5. The van der Waals surface area contributed by atoms with E-state index in [1.165, 1.54) is 50.5 Å². The minimum absolute atomic E-state index is 0.711. The van der Waals surface area contributed by atoms with Crippen LogP contribution >= 0.6 is 11.9 Å². The molecule has 40 heavy (non-hydrogen) atoms. The number of benzene rings is 1. The van der Waals surface area contributed by atoms with Crippen LogP contribution < -0.4 is 10.5 Å². The van der Waals surface area contributed by atoms with Crippen molar-refractivity contribution >= 4 is 39.9 Å². The fraction of sp³-hybridized carbons (Fsp3) is 0.600. The molecular weight excluding hydrogens is 539 g/mol. The Morgan fingerprint density at radius 2 is 1.80 bits per heavy atom. The van der Waals surface area contributed by atoms with E-state index in [1.54, 1.807) is 0 Å². The van der Waals surface area contributed by atoms with Gasteiger partial charge in [-0.15, -0.1) is 0 Å². The predicted molar refractivity (Wildman–Crippen MR) is 171 cm³/mol. The number of piperazine rings is 1. The SMILES string of the molecule is CCCCNc1ncc2c(-c3ccc(S(=O)N4CCN(C)CC4)cc3)cn(CCC3CCCCC3)c2n1.CSN. The van der Waals surface area contributed by atoms with Crippen LogP contribution in [0.25, 0.3) is 22.2 Å². The normalized spacial score (nSPS) is 17.9. The van der Waals surface area contributed by atoms with Gasteiger partial charge in [-0.25, -0.2) is 13.5 Å². The molecule has 0 bridgehead atoms. The largest absolute Gasteiger partial charge is 0.354 e. The summed E-state index contributed by atoms with van der Waals surface area (Å²) in [6, 6.07) is 8.26.